The molecule has 1 rings (SSSR count). The molecule has 0 aliphatic carbocycles. The molecule has 0 fully saturated rings. The van der Waals surface area contributed by atoms with E-state index in [2.05, 4.69) is 39.0 Å². The van der Waals surface area contributed by atoms with E-state index in [-0.39, 0.29) is 0 Å². The van der Waals surface area contributed by atoms with Crippen molar-refractivity contribution in [3.63, 3.8) is 0 Å². The van der Waals surface area contributed by atoms with E-state index in [1.165, 1.54) is 68.1 Å². The van der Waals surface area contributed by atoms with Gasteiger partial charge in [0.15, 0.2) is 0 Å². The molecule has 0 heterocycles. The summed E-state index contributed by atoms with van der Waals surface area (Å²) >= 11 is 0. The first-order chi connectivity index (χ1) is 9.63. The molecule has 1 unspecified atom stereocenters. The molecule has 1 aromatic rings. The number of unbranched alkanes of at least 4 members (excludes halogenated alkanes) is 6. The lowest BCUT2D eigenvalue weighted by Crippen LogP contribution is -2.23. The van der Waals surface area contributed by atoms with Crippen molar-refractivity contribution in [3.05, 3.63) is 34.9 Å². The quantitative estimate of drug-likeness (QED) is 0.575. The van der Waals surface area contributed by atoms with Gasteiger partial charge in [0.1, 0.15) is 0 Å². The lowest BCUT2D eigenvalue weighted by atomic mass is 9.96. The fraction of sp³-hybridized carbons (Fsp3) is 0.684. The van der Waals surface area contributed by atoms with E-state index in [0.717, 1.165) is 6.42 Å². The monoisotopic (exact) mass is 275 g/mol. The third-order valence-electron chi connectivity index (χ3n) is 4.17. The van der Waals surface area contributed by atoms with Crippen molar-refractivity contribution in [1.82, 2.24) is 0 Å². The van der Waals surface area contributed by atoms with Gasteiger partial charge in [-0.2, -0.15) is 0 Å². The van der Waals surface area contributed by atoms with Gasteiger partial charge in [0.2, 0.25) is 0 Å². The first-order valence-corrected chi connectivity index (χ1v) is 8.45. The maximum atomic E-state index is 6.29. The third-order valence-corrected chi connectivity index (χ3v) is 4.17. The molecule has 0 saturated heterocycles. The van der Waals surface area contributed by atoms with Crippen LogP contribution in [0.15, 0.2) is 18.2 Å². The van der Waals surface area contributed by atoms with E-state index in [0.29, 0.717) is 6.04 Å². The molecule has 0 spiro atoms. The summed E-state index contributed by atoms with van der Waals surface area (Å²) in [7, 11) is 0. The van der Waals surface area contributed by atoms with Crippen LogP contribution >= 0.6 is 0 Å². The van der Waals surface area contributed by atoms with Crippen molar-refractivity contribution in [1.29, 1.82) is 0 Å². The number of nitrogens with two attached hydrogens (primary N) is 1. The minimum absolute atomic E-state index is 0.325. The Morgan fingerprint density at radius 1 is 0.950 bits per heavy atom. The highest BCUT2D eigenvalue weighted by molar-refractivity contribution is 5.31. The van der Waals surface area contributed by atoms with Gasteiger partial charge in [-0.3, -0.25) is 0 Å². The van der Waals surface area contributed by atoms with E-state index in [9.17, 15) is 0 Å². The number of rotatable bonds is 10. The van der Waals surface area contributed by atoms with Crippen LogP contribution in [0, 0.1) is 13.8 Å². The van der Waals surface area contributed by atoms with E-state index in [1.807, 2.05) is 0 Å². The molecular weight excluding hydrogens is 242 g/mol. The van der Waals surface area contributed by atoms with Crippen LogP contribution in [0.4, 0.5) is 0 Å². The highest BCUT2D eigenvalue weighted by Crippen LogP contribution is 2.15. The smallest absolute Gasteiger partial charge is 0.00794 e. The van der Waals surface area contributed by atoms with Gasteiger partial charge in [-0.1, -0.05) is 75.6 Å². The number of hydrogen-bond donors (Lipinski definition) is 1. The zero-order chi connectivity index (χ0) is 14.8. The van der Waals surface area contributed by atoms with Crippen LogP contribution in [0.25, 0.3) is 0 Å². The van der Waals surface area contributed by atoms with Crippen LogP contribution in [0.1, 0.15) is 75.0 Å². The van der Waals surface area contributed by atoms with E-state index >= 15 is 0 Å². The van der Waals surface area contributed by atoms with Crippen molar-refractivity contribution in [2.24, 2.45) is 5.73 Å². The summed E-state index contributed by atoms with van der Waals surface area (Å²) in [6.07, 6.45) is 11.8. The van der Waals surface area contributed by atoms with Crippen LogP contribution in [0.2, 0.25) is 0 Å². The van der Waals surface area contributed by atoms with E-state index in [1.54, 1.807) is 0 Å². The first kappa shape index (κ1) is 17.2. The normalized spacial score (nSPS) is 12.6. The lowest BCUT2D eigenvalue weighted by Gasteiger charge is -2.14. The SMILES string of the molecule is CCCCCCCCCC(N)Cc1cc(C)ccc1C. The summed E-state index contributed by atoms with van der Waals surface area (Å²) in [5.74, 6) is 0. The van der Waals surface area contributed by atoms with Crippen LogP contribution < -0.4 is 5.73 Å². The van der Waals surface area contributed by atoms with Crippen LogP contribution in [-0.4, -0.2) is 6.04 Å². The Balaban J connectivity index is 2.17. The second-order valence-corrected chi connectivity index (χ2v) is 6.30. The highest BCUT2D eigenvalue weighted by Gasteiger charge is 2.06. The maximum absolute atomic E-state index is 6.29. The van der Waals surface area contributed by atoms with Crippen molar-refractivity contribution in [2.45, 2.75) is 84.6 Å². The van der Waals surface area contributed by atoms with E-state index < -0.39 is 0 Å². The average molecular weight is 275 g/mol. The van der Waals surface area contributed by atoms with E-state index in [4.69, 9.17) is 5.73 Å². The Bertz CT molecular complexity index is 370. The second kappa shape index (κ2) is 9.99. The summed E-state index contributed by atoms with van der Waals surface area (Å²) in [6.45, 7) is 6.62. The standard InChI is InChI=1S/C19H33N/c1-4-5-6-7-8-9-10-11-19(20)15-18-14-16(2)12-13-17(18)3/h12-14,19H,4-11,15,20H2,1-3H3. The van der Waals surface area contributed by atoms with Crippen molar-refractivity contribution >= 4 is 0 Å². The summed E-state index contributed by atoms with van der Waals surface area (Å²) < 4.78 is 0. The molecule has 0 aromatic heterocycles. The van der Waals surface area contributed by atoms with Crippen LogP contribution in [-0.2, 0) is 6.42 Å². The number of benzene rings is 1. The minimum atomic E-state index is 0.325. The second-order valence-electron chi connectivity index (χ2n) is 6.30. The molecule has 1 nitrogen and oxygen atoms in total. The van der Waals surface area contributed by atoms with Gasteiger partial charge in [-0.05, 0) is 37.8 Å². The summed E-state index contributed by atoms with van der Waals surface area (Å²) in [5, 5.41) is 0. The summed E-state index contributed by atoms with van der Waals surface area (Å²) in [5.41, 5.74) is 10.4. The Hall–Kier alpha value is -0.820. The Kier molecular flexibility index (Phi) is 8.60. The molecule has 1 aromatic carbocycles. The molecule has 0 aliphatic heterocycles. The summed E-state index contributed by atoms with van der Waals surface area (Å²) in [6, 6.07) is 7.01. The summed E-state index contributed by atoms with van der Waals surface area (Å²) in [4.78, 5) is 0. The number of hydrogen-bond acceptors (Lipinski definition) is 1. The zero-order valence-corrected chi connectivity index (χ0v) is 13.8. The molecular formula is C19H33N. The molecule has 1 heteroatoms. The average Bonchev–Trinajstić information content (AvgIpc) is 2.42. The van der Waals surface area contributed by atoms with Crippen molar-refractivity contribution in [3.8, 4) is 0 Å². The zero-order valence-electron chi connectivity index (χ0n) is 13.8. The fourth-order valence-electron chi connectivity index (χ4n) is 2.77. The Morgan fingerprint density at radius 2 is 1.60 bits per heavy atom. The van der Waals surface area contributed by atoms with Gasteiger partial charge < -0.3 is 5.73 Å². The van der Waals surface area contributed by atoms with Gasteiger partial charge in [0, 0.05) is 6.04 Å². The third kappa shape index (κ3) is 7.09. The topological polar surface area (TPSA) is 26.0 Å². The molecule has 0 amide bonds. The fourth-order valence-corrected chi connectivity index (χ4v) is 2.77. The van der Waals surface area contributed by atoms with Gasteiger partial charge in [-0.25, -0.2) is 0 Å². The lowest BCUT2D eigenvalue weighted by molar-refractivity contribution is 0.527. The molecule has 2 N–H and O–H groups in total. The minimum Gasteiger partial charge on any atom is -0.327 e. The molecule has 1 atom stereocenters. The maximum Gasteiger partial charge on any atom is 0.00794 e. The molecule has 0 aliphatic rings. The van der Waals surface area contributed by atoms with Gasteiger partial charge in [-0.15, -0.1) is 0 Å². The highest BCUT2D eigenvalue weighted by atomic mass is 14.6. The van der Waals surface area contributed by atoms with Gasteiger partial charge >= 0.3 is 0 Å². The van der Waals surface area contributed by atoms with Gasteiger partial charge in [0.05, 0.1) is 0 Å². The first-order valence-electron chi connectivity index (χ1n) is 8.45. The molecule has 0 bridgehead atoms. The molecule has 114 valence electrons. The predicted octanol–water partition coefficient (Wildman–Crippen LogP) is 5.31. The largest absolute Gasteiger partial charge is 0.327 e. The van der Waals surface area contributed by atoms with Crippen LogP contribution in [0.3, 0.4) is 0 Å². The van der Waals surface area contributed by atoms with Crippen molar-refractivity contribution < 1.29 is 0 Å². The Labute approximate surface area is 126 Å². The molecule has 0 radical (unpaired) electrons. The van der Waals surface area contributed by atoms with Gasteiger partial charge in [0.25, 0.3) is 0 Å². The van der Waals surface area contributed by atoms with Crippen LogP contribution in [0.5, 0.6) is 0 Å². The predicted molar refractivity (Wildman–Crippen MR) is 90.2 cm³/mol. The number of aryl methyl sites for hydroxylation is 2. The van der Waals surface area contributed by atoms with Crippen molar-refractivity contribution in [2.75, 3.05) is 0 Å². The molecule has 20 heavy (non-hydrogen) atoms. The Morgan fingerprint density at radius 3 is 2.30 bits per heavy atom. The molecule has 0 saturated carbocycles.